The average molecular weight is 376 g/mol. The molecule has 27 heavy (non-hydrogen) atoms. The Hall–Kier alpha value is -3.50. The van der Waals surface area contributed by atoms with E-state index < -0.39 is 11.7 Å². The molecule has 0 unspecified atom stereocenters. The van der Waals surface area contributed by atoms with Gasteiger partial charge in [-0.1, -0.05) is 16.7 Å². The summed E-state index contributed by atoms with van der Waals surface area (Å²) in [5.41, 5.74) is 0. The predicted octanol–water partition coefficient (Wildman–Crippen LogP) is 0.885. The summed E-state index contributed by atoms with van der Waals surface area (Å²) >= 11 is 0. The van der Waals surface area contributed by atoms with Crippen LogP contribution in [0, 0.1) is 0 Å². The number of rotatable bonds is 9. The van der Waals surface area contributed by atoms with Crippen molar-refractivity contribution in [3.8, 4) is 0 Å². The molecule has 0 bridgehead atoms. The number of hydrogen-bond acceptors (Lipinski definition) is 10. The van der Waals surface area contributed by atoms with Crippen LogP contribution in [-0.2, 0) is 14.3 Å². The number of carbonyl (C=O) groups excluding carboxylic acids is 1. The van der Waals surface area contributed by atoms with Gasteiger partial charge in [-0.3, -0.25) is 4.79 Å². The van der Waals surface area contributed by atoms with Crippen LogP contribution in [0.5, 0.6) is 0 Å². The van der Waals surface area contributed by atoms with Crippen LogP contribution in [0.1, 0.15) is 12.8 Å². The molecule has 0 aromatic carbocycles. The van der Waals surface area contributed by atoms with E-state index in [0.717, 1.165) is 4.57 Å². The summed E-state index contributed by atoms with van der Waals surface area (Å²) < 4.78 is 15.7. The van der Waals surface area contributed by atoms with Crippen molar-refractivity contribution < 1.29 is 18.8 Å². The van der Waals surface area contributed by atoms with Gasteiger partial charge >= 0.3 is 11.7 Å². The number of aliphatic imine (C=N–C) groups is 1. The fourth-order valence-electron chi connectivity index (χ4n) is 2.10. The van der Waals surface area contributed by atoms with Crippen LogP contribution < -0.4 is 10.7 Å². The first-order valence-corrected chi connectivity index (χ1v) is 7.95. The van der Waals surface area contributed by atoms with Crippen molar-refractivity contribution in [3.63, 3.8) is 0 Å². The zero-order valence-electron chi connectivity index (χ0n) is 15.1. The molecule has 2 aromatic heterocycles. The molecule has 11 nitrogen and oxygen atoms in total. The lowest BCUT2D eigenvalue weighted by Gasteiger charge is -2.18. The smallest absolute Gasteiger partial charge is 0.462 e. The highest BCUT2D eigenvalue weighted by Gasteiger charge is 2.17. The number of aromatic nitrogens is 4. The summed E-state index contributed by atoms with van der Waals surface area (Å²) in [5.74, 6) is -0.822. The Labute approximate surface area is 154 Å². The third-order valence-corrected chi connectivity index (χ3v) is 3.34. The van der Waals surface area contributed by atoms with Crippen molar-refractivity contribution in [2.75, 3.05) is 32.2 Å². The molecule has 11 heteroatoms. The summed E-state index contributed by atoms with van der Waals surface area (Å²) in [6.45, 7) is 8.27. The summed E-state index contributed by atoms with van der Waals surface area (Å²) in [7, 11) is 2.70. The molecule has 0 aliphatic rings. The highest BCUT2D eigenvalue weighted by molar-refractivity contribution is 5.82. The van der Waals surface area contributed by atoms with Gasteiger partial charge in [0.05, 0.1) is 20.6 Å². The number of carbonyl (C=O) groups is 1. The van der Waals surface area contributed by atoms with E-state index in [4.69, 9.17) is 9.26 Å². The molecular weight excluding hydrogens is 356 g/mol. The highest BCUT2D eigenvalue weighted by atomic mass is 16.5. The monoisotopic (exact) mass is 376 g/mol. The Morgan fingerprint density at radius 2 is 1.89 bits per heavy atom. The average Bonchev–Trinajstić information content (AvgIpc) is 3.04. The van der Waals surface area contributed by atoms with Crippen molar-refractivity contribution in [2.45, 2.75) is 12.8 Å². The van der Waals surface area contributed by atoms with Gasteiger partial charge in [0.15, 0.2) is 5.90 Å². The first kappa shape index (κ1) is 19.8. The van der Waals surface area contributed by atoms with Crippen molar-refractivity contribution in [1.82, 2.24) is 19.5 Å². The molecule has 0 fully saturated rings. The van der Waals surface area contributed by atoms with Gasteiger partial charge in [0.2, 0.25) is 5.95 Å². The maximum Gasteiger partial charge on any atom is 0.462 e. The molecule has 0 amide bonds. The second-order valence-electron chi connectivity index (χ2n) is 5.16. The Morgan fingerprint density at radius 3 is 2.48 bits per heavy atom. The van der Waals surface area contributed by atoms with Crippen LogP contribution in [0.25, 0.3) is 5.78 Å². The van der Waals surface area contributed by atoms with E-state index in [0.29, 0.717) is 13.1 Å². The summed E-state index contributed by atoms with van der Waals surface area (Å²) in [5, 5.41) is 0. The SMILES string of the molecule is C=CCN(CC=C)c1nc(N=C(CCC(=O)OC)OC)n2oc(=O)nc2n1. The van der Waals surface area contributed by atoms with Gasteiger partial charge in [-0.2, -0.15) is 15.0 Å². The number of esters is 1. The van der Waals surface area contributed by atoms with E-state index in [1.54, 1.807) is 17.1 Å². The van der Waals surface area contributed by atoms with Crippen molar-refractivity contribution >= 4 is 29.5 Å². The van der Waals surface area contributed by atoms with Crippen LogP contribution in [0.3, 0.4) is 0 Å². The largest absolute Gasteiger partial charge is 0.484 e. The minimum atomic E-state index is -0.842. The first-order valence-electron chi connectivity index (χ1n) is 7.95. The second kappa shape index (κ2) is 9.27. The first-order chi connectivity index (χ1) is 13.0. The lowest BCUT2D eigenvalue weighted by atomic mass is 10.3. The van der Waals surface area contributed by atoms with Gasteiger partial charge in [0, 0.05) is 19.5 Å². The van der Waals surface area contributed by atoms with Crippen LogP contribution in [0.15, 0.2) is 39.6 Å². The lowest BCUT2D eigenvalue weighted by Crippen LogP contribution is -2.25. The number of hydrogen-bond donors (Lipinski definition) is 0. The molecular formula is C16H20N6O5. The topological polar surface area (TPSA) is 124 Å². The highest BCUT2D eigenvalue weighted by Crippen LogP contribution is 2.17. The van der Waals surface area contributed by atoms with Crippen LogP contribution >= 0.6 is 0 Å². The van der Waals surface area contributed by atoms with E-state index in [1.807, 2.05) is 0 Å². The van der Waals surface area contributed by atoms with Gasteiger partial charge in [0.1, 0.15) is 0 Å². The van der Waals surface area contributed by atoms with E-state index in [2.05, 4.69) is 37.8 Å². The number of nitrogens with zero attached hydrogens (tertiary/aromatic N) is 6. The molecule has 0 N–H and O–H groups in total. The van der Waals surface area contributed by atoms with Gasteiger partial charge in [-0.25, -0.2) is 4.79 Å². The molecule has 0 spiro atoms. The number of fused-ring (bicyclic) bond motifs is 1. The zero-order chi connectivity index (χ0) is 19.8. The minimum absolute atomic E-state index is 0.00899. The summed E-state index contributed by atoms with van der Waals surface area (Å²) in [6, 6.07) is 0. The maximum atomic E-state index is 11.5. The number of ether oxygens (including phenoxy) is 2. The molecule has 2 aromatic rings. The van der Waals surface area contributed by atoms with Crippen molar-refractivity contribution in [2.24, 2.45) is 4.99 Å². The quantitative estimate of drug-likeness (QED) is 0.271. The molecule has 0 atom stereocenters. The molecule has 0 radical (unpaired) electrons. The normalized spacial score (nSPS) is 11.3. The molecule has 144 valence electrons. The van der Waals surface area contributed by atoms with E-state index in [9.17, 15) is 9.59 Å². The molecule has 0 saturated heterocycles. The number of methoxy groups -OCH3 is 2. The third kappa shape index (κ3) is 5.00. The van der Waals surface area contributed by atoms with Crippen LogP contribution in [0.4, 0.5) is 11.9 Å². The van der Waals surface area contributed by atoms with Crippen LogP contribution in [0.2, 0.25) is 0 Å². The molecule has 2 rings (SSSR count). The Morgan fingerprint density at radius 1 is 1.19 bits per heavy atom. The Bertz CT molecular complexity index is 906. The minimum Gasteiger partial charge on any atom is -0.484 e. The Balaban J connectivity index is 2.50. The van der Waals surface area contributed by atoms with Crippen molar-refractivity contribution in [3.05, 3.63) is 35.9 Å². The maximum absolute atomic E-state index is 11.5. The van der Waals surface area contributed by atoms with Gasteiger partial charge in [-0.05, 0) is 0 Å². The van der Waals surface area contributed by atoms with Gasteiger partial charge < -0.3 is 18.9 Å². The second-order valence-corrected chi connectivity index (χ2v) is 5.16. The molecule has 2 heterocycles. The molecule has 0 aliphatic heterocycles. The predicted molar refractivity (Wildman–Crippen MR) is 97.3 cm³/mol. The van der Waals surface area contributed by atoms with Gasteiger partial charge in [-0.15, -0.1) is 18.1 Å². The molecule has 0 saturated carbocycles. The fourth-order valence-corrected chi connectivity index (χ4v) is 2.10. The third-order valence-electron chi connectivity index (χ3n) is 3.34. The lowest BCUT2D eigenvalue weighted by molar-refractivity contribution is -0.140. The van der Waals surface area contributed by atoms with Crippen LogP contribution in [-0.4, -0.2) is 58.7 Å². The Kier molecular flexibility index (Phi) is 6.80. The summed E-state index contributed by atoms with van der Waals surface area (Å²) in [4.78, 5) is 41.0. The zero-order valence-corrected chi connectivity index (χ0v) is 15.1. The van der Waals surface area contributed by atoms with Crippen molar-refractivity contribution in [1.29, 1.82) is 0 Å². The van der Waals surface area contributed by atoms with E-state index in [-0.39, 0.29) is 36.4 Å². The fraction of sp³-hybridized carbons (Fsp3) is 0.375. The van der Waals surface area contributed by atoms with Gasteiger partial charge in [0.25, 0.3) is 11.7 Å². The summed E-state index contributed by atoms with van der Waals surface area (Å²) in [6.07, 6.45) is 3.58. The standard InChI is InChI=1S/C16H20N6O5/c1-5-9-21(10-6-2)13-18-14(22-15(19-13)20-16(24)27-22)17-11(25-3)7-8-12(23)26-4/h5-6H,1-2,7-10H2,3-4H3. The van der Waals surface area contributed by atoms with E-state index in [1.165, 1.54) is 14.2 Å². The van der Waals surface area contributed by atoms with E-state index >= 15 is 0 Å². The number of anilines is 1. The molecule has 0 aliphatic carbocycles.